The Kier molecular flexibility index (Phi) is 4.86. The van der Waals surface area contributed by atoms with Crippen molar-refractivity contribution < 1.29 is 13.6 Å². The number of piperazine rings is 1. The lowest BCUT2D eigenvalue weighted by molar-refractivity contribution is 0.0581. The summed E-state index contributed by atoms with van der Waals surface area (Å²) in [5.41, 5.74) is -0.102. The van der Waals surface area contributed by atoms with Crippen LogP contribution in [0.2, 0.25) is 0 Å². The van der Waals surface area contributed by atoms with E-state index in [1.165, 1.54) is 6.07 Å². The van der Waals surface area contributed by atoms with Gasteiger partial charge in [-0.25, -0.2) is 8.78 Å². The molecule has 0 unspecified atom stereocenters. The Balaban J connectivity index is 1.99. The van der Waals surface area contributed by atoms with E-state index < -0.39 is 17.5 Å². The van der Waals surface area contributed by atoms with Crippen LogP contribution in [-0.4, -0.2) is 47.9 Å². The highest BCUT2D eigenvalue weighted by Crippen LogP contribution is 2.15. The van der Waals surface area contributed by atoms with Gasteiger partial charge < -0.3 is 4.90 Å². The zero-order chi connectivity index (χ0) is 15.4. The van der Waals surface area contributed by atoms with Crippen molar-refractivity contribution in [2.24, 2.45) is 0 Å². The number of hydrogen-bond acceptors (Lipinski definition) is 3. The minimum Gasteiger partial charge on any atom is -0.336 e. The maximum atomic E-state index is 13.6. The summed E-state index contributed by atoms with van der Waals surface area (Å²) >= 11 is 0. The SMILES string of the molecule is C[C@H](CC#N)N1CCN(C(=O)c2ccc(F)cc2F)CC1. The largest absolute Gasteiger partial charge is 0.336 e. The van der Waals surface area contributed by atoms with Crippen LogP contribution in [0.1, 0.15) is 23.7 Å². The zero-order valence-corrected chi connectivity index (χ0v) is 11.9. The van der Waals surface area contributed by atoms with Gasteiger partial charge in [0.15, 0.2) is 0 Å². The summed E-state index contributed by atoms with van der Waals surface area (Å²) in [6.45, 7) is 4.23. The van der Waals surface area contributed by atoms with E-state index >= 15 is 0 Å². The molecule has 4 nitrogen and oxygen atoms in total. The highest BCUT2D eigenvalue weighted by atomic mass is 19.1. The molecule has 1 aromatic carbocycles. The minimum atomic E-state index is -0.833. The molecule has 1 aliphatic rings. The molecule has 6 heteroatoms. The fourth-order valence-electron chi connectivity index (χ4n) is 2.46. The summed E-state index contributed by atoms with van der Waals surface area (Å²) in [5.74, 6) is -1.94. The van der Waals surface area contributed by atoms with Gasteiger partial charge in [0.2, 0.25) is 0 Å². The Labute approximate surface area is 122 Å². The Bertz CT molecular complexity index is 563. The quantitative estimate of drug-likeness (QED) is 0.856. The van der Waals surface area contributed by atoms with Crippen molar-refractivity contribution in [3.63, 3.8) is 0 Å². The fourth-order valence-corrected chi connectivity index (χ4v) is 2.46. The number of carbonyl (C=O) groups is 1. The summed E-state index contributed by atoms with van der Waals surface area (Å²) in [4.78, 5) is 15.9. The molecule has 1 fully saturated rings. The lowest BCUT2D eigenvalue weighted by atomic mass is 10.1. The molecule has 0 aliphatic carbocycles. The molecule has 112 valence electrons. The van der Waals surface area contributed by atoms with Crippen molar-refractivity contribution >= 4 is 5.91 Å². The van der Waals surface area contributed by atoms with Gasteiger partial charge >= 0.3 is 0 Å². The van der Waals surface area contributed by atoms with Crippen molar-refractivity contribution in [2.75, 3.05) is 26.2 Å². The van der Waals surface area contributed by atoms with Crippen molar-refractivity contribution in [1.29, 1.82) is 5.26 Å². The zero-order valence-electron chi connectivity index (χ0n) is 11.9. The van der Waals surface area contributed by atoms with Crippen LogP contribution in [0.15, 0.2) is 18.2 Å². The molecule has 1 aromatic rings. The van der Waals surface area contributed by atoms with Gasteiger partial charge in [0.1, 0.15) is 11.6 Å². The monoisotopic (exact) mass is 293 g/mol. The van der Waals surface area contributed by atoms with Crippen LogP contribution in [0.5, 0.6) is 0 Å². The van der Waals surface area contributed by atoms with Gasteiger partial charge in [-0.3, -0.25) is 9.69 Å². The number of benzene rings is 1. The number of carbonyl (C=O) groups excluding carboxylic acids is 1. The maximum absolute atomic E-state index is 13.6. The first kappa shape index (κ1) is 15.4. The summed E-state index contributed by atoms with van der Waals surface area (Å²) in [6.07, 6.45) is 0.445. The van der Waals surface area contributed by atoms with E-state index in [1.807, 2.05) is 6.92 Å². The molecule has 21 heavy (non-hydrogen) atoms. The third-order valence-corrected chi connectivity index (χ3v) is 3.77. The van der Waals surface area contributed by atoms with Gasteiger partial charge in [-0.2, -0.15) is 5.26 Å². The standard InChI is InChI=1S/C15H17F2N3O/c1-11(4-5-18)19-6-8-20(9-7-19)15(21)13-3-2-12(16)10-14(13)17/h2-3,10-11H,4,6-9H2,1H3/t11-/m1/s1. The first-order valence-corrected chi connectivity index (χ1v) is 6.88. The number of nitrogens with zero attached hydrogens (tertiary/aromatic N) is 3. The molecule has 1 amide bonds. The molecular weight excluding hydrogens is 276 g/mol. The van der Waals surface area contributed by atoms with Gasteiger partial charge in [0.25, 0.3) is 5.91 Å². The number of amides is 1. The van der Waals surface area contributed by atoms with Crippen molar-refractivity contribution in [1.82, 2.24) is 9.80 Å². The van der Waals surface area contributed by atoms with Gasteiger partial charge in [-0.1, -0.05) is 0 Å². The molecule has 0 aromatic heterocycles. The third-order valence-electron chi connectivity index (χ3n) is 3.77. The second kappa shape index (κ2) is 6.64. The molecule has 2 rings (SSSR count). The predicted molar refractivity (Wildman–Crippen MR) is 73.5 cm³/mol. The molecule has 0 radical (unpaired) electrons. The van der Waals surface area contributed by atoms with E-state index in [0.717, 1.165) is 12.1 Å². The second-order valence-corrected chi connectivity index (χ2v) is 5.16. The summed E-state index contributed by atoms with van der Waals surface area (Å²) in [5, 5.41) is 8.70. The maximum Gasteiger partial charge on any atom is 0.256 e. The molecule has 1 atom stereocenters. The van der Waals surface area contributed by atoms with Crippen LogP contribution in [0.4, 0.5) is 8.78 Å². The van der Waals surface area contributed by atoms with E-state index in [-0.39, 0.29) is 11.6 Å². The minimum absolute atomic E-state index is 0.102. The van der Waals surface area contributed by atoms with Crippen LogP contribution in [0, 0.1) is 23.0 Å². The van der Waals surface area contributed by atoms with E-state index in [2.05, 4.69) is 11.0 Å². The lowest BCUT2D eigenvalue weighted by Gasteiger charge is -2.37. The average molecular weight is 293 g/mol. The smallest absolute Gasteiger partial charge is 0.256 e. The van der Waals surface area contributed by atoms with Crippen LogP contribution in [0.3, 0.4) is 0 Å². The Morgan fingerprint density at radius 3 is 2.57 bits per heavy atom. The van der Waals surface area contributed by atoms with Crippen molar-refractivity contribution in [3.8, 4) is 6.07 Å². The summed E-state index contributed by atoms with van der Waals surface area (Å²) < 4.78 is 26.5. The van der Waals surface area contributed by atoms with Crippen LogP contribution in [-0.2, 0) is 0 Å². The highest BCUT2D eigenvalue weighted by Gasteiger charge is 2.26. The van der Waals surface area contributed by atoms with Crippen molar-refractivity contribution in [3.05, 3.63) is 35.4 Å². The van der Waals surface area contributed by atoms with E-state index in [0.29, 0.717) is 32.6 Å². The second-order valence-electron chi connectivity index (χ2n) is 5.16. The molecular formula is C15H17F2N3O. The Morgan fingerprint density at radius 2 is 2.00 bits per heavy atom. The fraction of sp³-hybridized carbons (Fsp3) is 0.467. The van der Waals surface area contributed by atoms with Gasteiger partial charge in [-0.05, 0) is 19.1 Å². The van der Waals surface area contributed by atoms with Crippen LogP contribution in [0.25, 0.3) is 0 Å². The Morgan fingerprint density at radius 1 is 1.33 bits per heavy atom. The molecule has 0 saturated carbocycles. The van der Waals surface area contributed by atoms with E-state index in [4.69, 9.17) is 5.26 Å². The highest BCUT2D eigenvalue weighted by molar-refractivity contribution is 5.94. The summed E-state index contributed by atoms with van der Waals surface area (Å²) in [6, 6.07) is 5.26. The molecule has 1 heterocycles. The number of hydrogen-bond donors (Lipinski definition) is 0. The number of rotatable bonds is 3. The topological polar surface area (TPSA) is 47.3 Å². The van der Waals surface area contributed by atoms with Gasteiger partial charge in [-0.15, -0.1) is 0 Å². The molecule has 0 bridgehead atoms. The van der Waals surface area contributed by atoms with Crippen LogP contribution < -0.4 is 0 Å². The van der Waals surface area contributed by atoms with E-state index in [9.17, 15) is 13.6 Å². The third kappa shape index (κ3) is 3.56. The normalized spacial score (nSPS) is 17.3. The summed E-state index contributed by atoms with van der Waals surface area (Å²) in [7, 11) is 0. The average Bonchev–Trinajstić information content (AvgIpc) is 2.47. The first-order chi connectivity index (χ1) is 10.0. The lowest BCUT2D eigenvalue weighted by Crippen LogP contribution is -2.51. The molecule has 0 spiro atoms. The Hall–Kier alpha value is -2.00. The molecule has 1 saturated heterocycles. The number of nitriles is 1. The van der Waals surface area contributed by atoms with E-state index in [1.54, 1.807) is 4.90 Å². The molecule has 0 N–H and O–H groups in total. The van der Waals surface area contributed by atoms with Crippen molar-refractivity contribution in [2.45, 2.75) is 19.4 Å². The first-order valence-electron chi connectivity index (χ1n) is 6.88. The van der Waals surface area contributed by atoms with Gasteiger partial charge in [0.05, 0.1) is 18.1 Å². The van der Waals surface area contributed by atoms with Gasteiger partial charge in [0, 0.05) is 38.3 Å². The number of halogens is 2. The van der Waals surface area contributed by atoms with Crippen LogP contribution >= 0.6 is 0 Å². The predicted octanol–water partition coefficient (Wildman–Crippen LogP) is 2.02. The molecule has 1 aliphatic heterocycles.